The largest absolute Gasteiger partial charge is 0.476 e. The first-order valence-electron chi connectivity index (χ1n) is 5.51. The van der Waals surface area contributed by atoms with Crippen molar-refractivity contribution in [2.75, 3.05) is 0 Å². The van der Waals surface area contributed by atoms with Crippen LogP contribution in [0.2, 0.25) is 0 Å². The Morgan fingerprint density at radius 2 is 2.05 bits per heavy atom. The van der Waals surface area contributed by atoms with Gasteiger partial charge in [0.1, 0.15) is 11.5 Å². The van der Waals surface area contributed by atoms with Crippen molar-refractivity contribution in [1.82, 2.24) is 9.78 Å². The molecule has 0 aliphatic rings. The number of carboxylic acids is 1. The topological polar surface area (TPSA) is 84.5 Å². The van der Waals surface area contributed by atoms with Crippen LogP contribution in [-0.2, 0) is 6.54 Å². The molecule has 2 rings (SSSR count). The number of carboxylic acid groups (broad SMARTS) is 1. The average molecular weight is 263 g/mol. The standard InChI is InChI=1S/C12H10FN3O3/c1-2-16-11(12(17)18)10(15-19)9(14-16)7-3-5-8(13)6-4-7/h3-6H,2H2,1H3,(H,17,18). The molecule has 0 fully saturated rings. The first-order chi connectivity index (χ1) is 9.08. The number of rotatable bonds is 4. The lowest BCUT2D eigenvalue weighted by atomic mass is 10.1. The molecule has 19 heavy (non-hydrogen) atoms. The van der Waals surface area contributed by atoms with Crippen LogP contribution in [0, 0.1) is 10.7 Å². The Balaban J connectivity index is 2.67. The summed E-state index contributed by atoms with van der Waals surface area (Å²) in [6.45, 7) is 1.98. The van der Waals surface area contributed by atoms with E-state index in [1.807, 2.05) is 0 Å². The van der Waals surface area contributed by atoms with Crippen molar-refractivity contribution in [3.8, 4) is 11.3 Å². The van der Waals surface area contributed by atoms with Crippen molar-refractivity contribution in [1.29, 1.82) is 0 Å². The number of aromatic nitrogens is 2. The van der Waals surface area contributed by atoms with E-state index in [-0.39, 0.29) is 23.6 Å². The number of aryl methyl sites for hydroxylation is 1. The number of hydrogen-bond acceptors (Lipinski definition) is 4. The molecule has 0 bridgehead atoms. The number of hydrogen-bond donors (Lipinski definition) is 1. The quantitative estimate of drug-likeness (QED) is 0.859. The van der Waals surface area contributed by atoms with Crippen molar-refractivity contribution < 1.29 is 14.3 Å². The maximum absolute atomic E-state index is 12.9. The molecule has 1 aromatic heterocycles. The summed E-state index contributed by atoms with van der Waals surface area (Å²) >= 11 is 0. The number of aromatic carboxylic acids is 1. The zero-order chi connectivity index (χ0) is 14.0. The van der Waals surface area contributed by atoms with E-state index < -0.39 is 11.8 Å². The predicted octanol–water partition coefficient (Wildman–Crippen LogP) is 2.81. The number of carbonyl (C=O) groups is 1. The van der Waals surface area contributed by atoms with Crippen LogP contribution in [0.3, 0.4) is 0 Å². The van der Waals surface area contributed by atoms with E-state index in [1.165, 1.54) is 28.9 Å². The summed E-state index contributed by atoms with van der Waals surface area (Å²) in [5, 5.41) is 15.9. The Bertz CT molecular complexity index is 634. The fourth-order valence-electron chi connectivity index (χ4n) is 1.78. The van der Waals surface area contributed by atoms with E-state index in [1.54, 1.807) is 6.92 Å². The molecule has 6 nitrogen and oxygen atoms in total. The first-order valence-corrected chi connectivity index (χ1v) is 5.51. The second-order valence-electron chi connectivity index (χ2n) is 3.76. The fourth-order valence-corrected chi connectivity index (χ4v) is 1.78. The van der Waals surface area contributed by atoms with Crippen LogP contribution in [-0.4, -0.2) is 20.9 Å². The molecule has 0 aliphatic carbocycles. The predicted molar refractivity (Wildman–Crippen MR) is 65.7 cm³/mol. The van der Waals surface area contributed by atoms with Gasteiger partial charge in [-0.3, -0.25) is 4.68 Å². The Kier molecular flexibility index (Phi) is 3.37. The molecule has 1 aromatic carbocycles. The fraction of sp³-hybridized carbons (Fsp3) is 0.167. The second kappa shape index (κ2) is 4.97. The first kappa shape index (κ1) is 12.9. The summed E-state index contributed by atoms with van der Waals surface area (Å²) in [5.74, 6) is -1.71. The van der Waals surface area contributed by atoms with E-state index in [9.17, 15) is 14.1 Å². The smallest absolute Gasteiger partial charge is 0.356 e. The number of nitrogens with zero attached hydrogens (tertiary/aromatic N) is 3. The third-order valence-electron chi connectivity index (χ3n) is 2.64. The molecule has 0 unspecified atom stereocenters. The van der Waals surface area contributed by atoms with E-state index in [0.717, 1.165) is 0 Å². The van der Waals surface area contributed by atoms with Gasteiger partial charge in [0.25, 0.3) is 0 Å². The van der Waals surface area contributed by atoms with Gasteiger partial charge in [-0.1, -0.05) is 0 Å². The van der Waals surface area contributed by atoms with Crippen molar-refractivity contribution in [3.63, 3.8) is 0 Å². The molecule has 98 valence electrons. The molecule has 1 N–H and O–H groups in total. The minimum absolute atomic E-state index is 0.134. The van der Waals surface area contributed by atoms with Gasteiger partial charge in [-0.2, -0.15) is 5.10 Å². The minimum atomic E-state index is -1.28. The lowest BCUT2D eigenvalue weighted by molar-refractivity contribution is 0.0684. The Hall–Kier alpha value is -2.57. The molecule has 0 radical (unpaired) electrons. The second-order valence-corrected chi connectivity index (χ2v) is 3.76. The summed E-state index contributed by atoms with van der Waals surface area (Å²) in [5.41, 5.74) is 0.0535. The van der Waals surface area contributed by atoms with Crippen molar-refractivity contribution in [3.05, 3.63) is 40.7 Å². The number of halogens is 1. The van der Waals surface area contributed by atoms with E-state index >= 15 is 0 Å². The zero-order valence-corrected chi connectivity index (χ0v) is 10.00. The van der Waals surface area contributed by atoms with Crippen LogP contribution in [0.5, 0.6) is 0 Å². The number of nitroso groups, excluding NO2 is 1. The SMILES string of the molecule is CCn1nc(-c2ccc(F)cc2)c(N=O)c1C(=O)O. The van der Waals surface area contributed by atoms with Crippen LogP contribution in [0.15, 0.2) is 29.4 Å². The molecular formula is C12H10FN3O3. The summed E-state index contributed by atoms with van der Waals surface area (Å²) in [6.07, 6.45) is 0. The highest BCUT2D eigenvalue weighted by molar-refractivity contribution is 5.95. The van der Waals surface area contributed by atoms with Crippen LogP contribution in [0.25, 0.3) is 11.3 Å². The summed E-state index contributed by atoms with van der Waals surface area (Å²) in [7, 11) is 0. The van der Waals surface area contributed by atoms with Crippen LogP contribution >= 0.6 is 0 Å². The van der Waals surface area contributed by atoms with Crippen LogP contribution in [0.1, 0.15) is 17.4 Å². The normalized spacial score (nSPS) is 10.4. The van der Waals surface area contributed by atoms with Crippen molar-refractivity contribution >= 4 is 11.7 Å². The molecule has 0 saturated carbocycles. The maximum atomic E-state index is 12.9. The van der Waals surface area contributed by atoms with Gasteiger partial charge in [0, 0.05) is 12.1 Å². The lowest BCUT2D eigenvalue weighted by Gasteiger charge is -1.97. The maximum Gasteiger partial charge on any atom is 0.356 e. The third kappa shape index (κ3) is 2.22. The van der Waals surface area contributed by atoms with Gasteiger partial charge in [-0.05, 0) is 36.4 Å². The molecule has 0 saturated heterocycles. The van der Waals surface area contributed by atoms with Gasteiger partial charge in [-0.25, -0.2) is 9.18 Å². The van der Waals surface area contributed by atoms with E-state index in [4.69, 9.17) is 5.11 Å². The van der Waals surface area contributed by atoms with Crippen molar-refractivity contribution in [2.24, 2.45) is 5.18 Å². The van der Waals surface area contributed by atoms with Gasteiger partial charge < -0.3 is 5.11 Å². The molecule has 0 spiro atoms. The summed E-state index contributed by atoms with van der Waals surface area (Å²) in [4.78, 5) is 22.0. The van der Waals surface area contributed by atoms with Gasteiger partial charge in [-0.15, -0.1) is 4.91 Å². The van der Waals surface area contributed by atoms with Crippen molar-refractivity contribution in [2.45, 2.75) is 13.5 Å². The lowest BCUT2D eigenvalue weighted by Crippen LogP contribution is -2.08. The summed E-state index contributed by atoms with van der Waals surface area (Å²) in [6, 6.07) is 5.24. The molecule has 2 aromatic rings. The zero-order valence-electron chi connectivity index (χ0n) is 10.00. The summed E-state index contributed by atoms with van der Waals surface area (Å²) < 4.78 is 14.0. The van der Waals surface area contributed by atoms with Crippen LogP contribution < -0.4 is 0 Å². The third-order valence-corrected chi connectivity index (χ3v) is 2.64. The van der Waals surface area contributed by atoms with Gasteiger partial charge in [0.15, 0.2) is 11.4 Å². The Morgan fingerprint density at radius 1 is 1.42 bits per heavy atom. The molecule has 0 atom stereocenters. The van der Waals surface area contributed by atoms with E-state index in [0.29, 0.717) is 5.56 Å². The van der Waals surface area contributed by atoms with Gasteiger partial charge >= 0.3 is 5.97 Å². The molecule has 0 amide bonds. The molecule has 0 aliphatic heterocycles. The highest BCUT2D eigenvalue weighted by Gasteiger charge is 2.24. The highest BCUT2D eigenvalue weighted by atomic mass is 19.1. The average Bonchev–Trinajstić information content (AvgIpc) is 2.78. The Labute approximate surface area is 107 Å². The van der Waals surface area contributed by atoms with Crippen LogP contribution in [0.4, 0.5) is 10.1 Å². The monoisotopic (exact) mass is 263 g/mol. The molecule has 7 heteroatoms. The Morgan fingerprint density at radius 3 is 2.53 bits per heavy atom. The highest BCUT2D eigenvalue weighted by Crippen LogP contribution is 2.32. The van der Waals surface area contributed by atoms with Gasteiger partial charge in [0.05, 0.1) is 0 Å². The van der Waals surface area contributed by atoms with Gasteiger partial charge in [0.2, 0.25) is 0 Å². The number of benzene rings is 1. The molecular weight excluding hydrogens is 253 g/mol. The van der Waals surface area contributed by atoms with E-state index in [2.05, 4.69) is 10.3 Å². The minimum Gasteiger partial charge on any atom is -0.476 e. The molecule has 1 heterocycles.